The fourth-order valence-corrected chi connectivity index (χ4v) is 4.28. The molecular weight excluding hydrogens is 302 g/mol. The molecule has 0 saturated carbocycles. The van der Waals surface area contributed by atoms with Crippen LogP contribution in [-0.4, -0.2) is 9.46 Å². The van der Waals surface area contributed by atoms with Crippen molar-refractivity contribution in [3.05, 3.63) is 70.7 Å². The number of hydrogen-bond acceptors (Lipinski definition) is 2. The van der Waals surface area contributed by atoms with Gasteiger partial charge in [0, 0.05) is 21.9 Å². The average Bonchev–Trinajstić information content (AvgIpc) is 2.51. The summed E-state index contributed by atoms with van der Waals surface area (Å²) in [7, 11) is -1.06. The molecule has 2 nitrogen and oxygen atoms in total. The minimum absolute atomic E-state index is 0.0799. The van der Waals surface area contributed by atoms with Crippen LogP contribution in [0.2, 0.25) is 5.02 Å². The lowest BCUT2D eigenvalue weighted by Gasteiger charge is -2.22. The molecule has 0 aromatic heterocycles. The van der Waals surface area contributed by atoms with Crippen molar-refractivity contribution in [3.8, 4) is 0 Å². The van der Waals surface area contributed by atoms with Crippen LogP contribution < -0.4 is 5.73 Å². The third-order valence-electron chi connectivity index (χ3n) is 3.58. The zero-order chi connectivity index (χ0) is 15.2. The molecule has 2 rings (SSSR count). The highest BCUT2D eigenvalue weighted by Gasteiger charge is 2.24. The number of halogens is 1. The molecule has 0 bridgehead atoms. The molecule has 2 aromatic carbocycles. The van der Waals surface area contributed by atoms with Gasteiger partial charge in [-0.3, -0.25) is 4.21 Å². The highest BCUT2D eigenvalue weighted by Crippen LogP contribution is 2.24. The lowest BCUT2D eigenvalue weighted by atomic mass is 10.0. The van der Waals surface area contributed by atoms with Crippen LogP contribution in [0, 0.1) is 0 Å². The molecule has 112 valence electrons. The summed E-state index contributed by atoms with van der Waals surface area (Å²) < 4.78 is 12.7. The van der Waals surface area contributed by atoms with Gasteiger partial charge in [-0.15, -0.1) is 0 Å². The predicted molar refractivity (Wildman–Crippen MR) is 90.7 cm³/mol. The summed E-state index contributed by atoms with van der Waals surface area (Å²) in [6.45, 7) is 2.03. The smallest absolute Gasteiger partial charge is 0.0541 e. The van der Waals surface area contributed by atoms with Gasteiger partial charge in [0.15, 0.2) is 0 Å². The summed E-state index contributed by atoms with van der Waals surface area (Å²) in [5, 5.41) is 0.581. The molecule has 0 radical (unpaired) electrons. The van der Waals surface area contributed by atoms with E-state index in [9.17, 15) is 4.21 Å². The van der Waals surface area contributed by atoms with Crippen LogP contribution in [0.15, 0.2) is 54.6 Å². The van der Waals surface area contributed by atoms with E-state index in [2.05, 4.69) is 0 Å². The largest absolute Gasteiger partial charge is 0.323 e. The number of benzene rings is 2. The maximum absolute atomic E-state index is 12.7. The molecule has 3 atom stereocenters. The summed E-state index contributed by atoms with van der Waals surface area (Å²) in [5.41, 5.74) is 8.25. The zero-order valence-electron chi connectivity index (χ0n) is 12.0. The van der Waals surface area contributed by atoms with Gasteiger partial charge in [0.2, 0.25) is 0 Å². The Bertz CT molecular complexity index is 603. The molecule has 0 aliphatic heterocycles. The number of nitrogens with two attached hydrogens (primary N) is 1. The SMILES string of the molecule is CCC(C(N)c1ccccc1)S(=O)Cc1ccccc1Cl. The topological polar surface area (TPSA) is 43.1 Å². The van der Waals surface area contributed by atoms with E-state index < -0.39 is 10.8 Å². The predicted octanol–water partition coefficient (Wildman–Crippen LogP) is 4.07. The van der Waals surface area contributed by atoms with Gasteiger partial charge in [0.1, 0.15) is 0 Å². The van der Waals surface area contributed by atoms with Crippen molar-refractivity contribution in [1.29, 1.82) is 0 Å². The van der Waals surface area contributed by atoms with Crippen LogP contribution in [0.1, 0.15) is 30.5 Å². The summed E-state index contributed by atoms with van der Waals surface area (Å²) in [4.78, 5) is 0. The van der Waals surface area contributed by atoms with Crippen molar-refractivity contribution >= 4 is 22.4 Å². The fourth-order valence-electron chi connectivity index (χ4n) is 2.37. The quantitative estimate of drug-likeness (QED) is 0.871. The first kappa shape index (κ1) is 16.2. The van der Waals surface area contributed by atoms with E-state index in [4.69, 9.17) is 17.3 Å². The lowest BCUT2D eigenvalue weighted by molar-refractivity contribution is 0.611. The molecule has 0 aliphatic carbocycles. The Morgan fingerprint density at radius 3 is 2.33 bits per heavy atom. The Labute approximate surface area is 133 Å². The second kappa shape index (κ2) is 7.74. The Kier molecular flexibility index (Phi) is 5.97. The monoisotopic (exact) mass is 321 g/mol. The minimum atomic E-state index is -1.06. The Balaban J connectivity index is 2.14. The van der Waals surface area contributed by atoms with E-state index in [0.29, 0.717) is 10.8 Å². The van der Waals surface area contributed by atoms with Crippen LogP contribution >= 0.6 is 11.6 Å². The number of hydrogen-bond donors (Lipinski definition) is 1. The van der Waals surface area contributed by atoms with Crippen molar-refractivity contribution in [1.82, 2.24) is 0 Å². The molecule has 2 N–H and O–H groups in total. The van der Waals surface area contributed by atoms with E-state index in [-0.39, 0.29) is 11.3 Å². The van der Waals surface area contributed by atoms with E-state index in [0.717, 1.165) is 17.5 Å². The van der Waals surface area contributed by atoms with Gasteiger partial charge in [-0.1, -0.05) is 67.1 Å². The Hall–Kier alpha value is -1.16. The van der Waals surface area contributed by atoms with Gasteiger partial charge in [-0.05, 0) is 23.6 Å². The summed E-state index contributed by atoms with van der Waals surface area (Å²) in [6.07, 6.45) is 0.771. The fraction of sp³-hybridized carbons (Fsp3) is 0.294. The first-order valence-corrected chi connectivity index (χ1v) is 8.80. The van der Waals surface area contributed by atoms with Gasteiger partial charge in [-0.25, -0.2) is 0 Å². The second-order valence-corrected chi connectivity index (χ2v) is 7.06. The van der Waals surface area contributed by atoms with Gasteiger partial charge < -0.3 is 5.73 Å². The Morgan fingerprint density at radius 1 is 1.10 bits per heavy atom. The molecule has 0 fully saturated rings. The molecule has 0 aliphatic rings. The summed E-state index contributed by atoms with van der Waals surface area (Å²) >= 11 is 6.15. The number of rotatable bonds is 6. The van der Waals surface area contributed by atoms with Crippen molar-refractivity contribution in [3.63, 3.8) is 0 Å². The molecule has 3 unspecified atom stereocenters. The molecule has 0 amide bonds. The van der Waals surface area contributed by atoms with Gasteiger partial charge in [-0.2, -0.15) is 0 Å². The van der Waals surface area contributed by atoms with Crippen LogP contribution in [-0.2, 0) is 16.6 Å². The molecular formula is C17H20ClNOS. The van der Waals surface area contributed by atoms with Crippen LogP contribution in [0.3, 0.4) is 0 Å². The van der Waals surface area contributed by atoms with Crippen LogP contribution in [0.25, 0.3) is 0 Å². The average molecular weight is 322 g/mol. The first-order chi connectivity index (χ1) is 10.1. The zero-order valence-corrected chi connectivity index (χ0v) is 13.6. The van der Waals surface area contributed by atoms with Crippen LogP contribution in [0.5, 0.6) is 0 Å². The van der Waals surface area contributed by atoms with Crippen molar-refractivity contribution < 1.29 is 4.21 Å². The van der Waals surface area contributed by atoms with E-state index in [1.807, 2.05) is 61.5 Å². The molecule has 0 heterocycles. The molecule has 0 spiro atoms. The van der Waals surface area contributed by atoms with Gasteiger partial charge in [0.05, 0.1) is 11.0 Å². The third-order valence-corrected chi connectivity index (χ3v) is 5.85. The molecule has 2 aromatic rings. The van der Waals surface area contributed by atoms with E-state index in [1.165, 1.54) is 0 Å². The maximum Gasteiger partial charge on any atom is 0.0541 e. The van der Waals surface area contributed by atoms with Crippen molar-refractivity contribution in [2.24, 2.45) is 5.73 Å². The molecule has 21 heavy (non-hydrogen) atoms. The lowest BCUT2D eigenvalue weighted by Crippen LogP contribution is -2.30. The highest BCUT2D eigenvalue weighted by atomic mass is 35.5. The third kappa shape index (κ3) is 4.16. The van der Waals surface area contributed by atoms with Crippen LogP contribution in [0.4, 0.5) is 0 Å². The molecule has 4 heteroatoms. The second-order valence-electron chi connectivity index (χ2n) is 5.00. The molecule has 0 saturated heterocycles. The maximum atomic E-state index is 12.7. The van der Waals surface area contributed by atoms with E-state index in [1.54, 1.807) is 0 Å². The standard InChI is InChI=1S/C17H20ClNOS/c1-2-16(17(19)13-8-4-3-5-9-13)21(20)12-14-10-6-7-11-15(14)18/h3-11,16-17H,2,12,19H2,1H3. The Morgan fingerprint density at radius 2 is 1.71 bits per heavy atom. The highest BCUT2D eigenvalue weighted by molar-refractivity contribution is 7.84. The normalized spacial score (nSPS) is 15.4. The van der Waals surface area contributed by atoms with E-state index >= 15 is 0 Å². The summed E-state index contributed by atoms with van der Waals surface area (Å²) in [5.74, 6) is 0.443. The van der Waals surface area contributed by atoms with Gasteiger partial charge in [0.25, 0.3) is 0 Å². The first-order valence-electron chi connectivity index (χ1n) is 7.04. The minimum Gasteiger partial charge on any atom is -0.323 e. The van der Waals surface area contributed by atoms with Crippen molar-refractivity contribution in [2.45, 2.75) is 30.4 Å². The van der Waals surface area contributed by atoms with Gasteiger partial charge >= 0.3 is 0 Å². The summed E-state index contributed by atoms with van der Waals surface area (Å²) in [6, 6.07) is 17.2. The van der Waals surface area contributed by atoms with Crippen molar-refractivity contribution in [2.75, 3.05) is 0 Å².